The Hall–Kier alpha value is -2.64. The van der Waals surface area contributed by atoms with Gasteiger partial charge < -0.3 is 16.4 Å². The van der Waals surface area contributed by atoms with E-state index in [1.807, 2.05) is 13.8 Å². The molecule has 2 aromatic heterocycles. The zero-order valence-corrected chi connectivity index (χ0v) is 14.5. The van der Waals surface area contributed by atoms with Crippen LogP contribution in [0.25, 0.3) is 11.0 Å². The Balaban J connectivity index is 1.76. The number of urea groups is 1. The molecule has 1 fully saturated rings. The number of nitrogens with zero attached hydrogens (tertiary/aromatic N) is 3. The van der Waals surface area contributed by atoms with E-state index in [4.69, 9.17) is 5.73 Å². The molecule has 0 aliphatic heterocycles. The summed E-state index contributed by atoms with van der Waals surface area (Å²) in [5.74, 6) is 0.527. The Morgan fingerprint density at radius 1 is 1.24 bits per heavy atom. The molecule has 25 heavy (non-hydrogen) atoms. The largest absolute Gasteiger partial charge is 0.352 e. The van der Waals surface area contributed by atoms with E-state index in [1.54, 1.807) is 22.9 Å². The maximum absolute atomic E-state index is 12.1. The number of anilines is 1. The van der Waals surface area contributed by atoms with E-state index in [9.17, 15) is 9.59 Å². The molecule has 2 aromatic rings. The molecule has 0 saturated heterocycles. The summed E-state index contributed by atoms with van der Waals surface area (Å²) in [6, 6.07) is 3.23. The fraction of sp³-hybridized carbons (Fsp3) is 0.529. The van der Waals surface area contributed by atoms with E-state index >= 15 is 0 Å². The zero-order valence-electron chi connectivity index (χ0n) is 14.5. The fourth-order valence-corrected chi connectivity index (χ4v) is 3.37. The second kappa shape index (κ2) is 7.08. The number of primary amides is 1. The number of carbonyl (C=O) groups excluding carboxylic acids is 1. The van der Waals surface area contributed by atoms with Gasteiger partial charge in [-0.3, -0.25) is 9.36 Å². The van der Waals surface area contributed by atoms with Gasteiger partial charge in [0.2, 0.25) is 5.95 Å². The Morgan fingerprint density at radius 2 is 1.92 bits per heavy atom. The lowest BCUT2D eigenvalue weighted by atomic mass is 9.91. The molecule has 2 amide bonds. The molecule has 2 heterocycles. The van der Waals surface area contributed by atoms with Crippen LogP contribution in [0.3, 0.4) is 0 Å². The van der Waals surface area contributed by atoms with Gasteiger partial charge in [0.15, 0.2) is 0 Å². The van der Waals surface area contributed by atoms with Crippen molar-refractivity contribution in [1.29, 1.82) is 0 Å². The van der Waals surface area contributed by atoms with Gasteiger partial charge in [-0.25, -0.2) is 9.78 Å². The molecule has 3 rings (SSSR count). The lowest BCUT2D eigenvalue weighted by Crippen LogP contribution is -2.42. The van der Waals surface area contributed by atoms with Crippen molar-refractivity contribution in [2.24, 2.45) is 5.73 Å². The monoisotopic (exact) mass is 344 g/mol. The molecule has 0 unspecified atom stereocenters. The molecule has 1 aliphatic carbocycles. The third kappa shape index (κ3) is 3.89. The van der Waals surface area contributed by atoms with Crippen molar-refractivity contribution in [3.05, 3.63) is 28.7 Å². The molecule has 134 valence electrons. The summed E-state index contributed by atoms with van der Waals surface area (Å²) >= 11 is 0. The SMILES string of the molecule is CC(C)n1c(=O)ccc2cnc(NC3CCC(NC(N)=O)CC3)nc21. The third-order valence-corrected chi connectivity index (χ3v) is 4.59. The first-order chi connectivity index (χ1) is 11.9. The number of hydrogen-bond donors (Lipinski definition) is 3. The molecule has 8 nitrogen and oxygen atoms in total. The molecule has 1 aliphatic rings. The smallest absolute Gasteiger partial charge is 0.312 e. The predicted octanol–water partition coefficient (Wildman–Crippen LogP) is 1.76. The molecular formula is C17H24N6O2. The second-order valence-electron chi connectivity index (χ2n) is 6.81. The first kappa shape index (κ1) is 17.2. The molecule has 0 radical (unpaired) electrons. The number of fused-ring (bicyclic) bond motifs is 1. The van der Waals surface area contributed by atoms with Gasteiger partial charge in [-0.2, -0.15) is 4.98 Å². The van der Waals surface area contributed by atoms with Crippen LogP contribution in [0.4, 0.5) is 10.7 Å². The standard InChI is InChI=1S/C17H24N6O2/c1-10(2)23-14(24)8-3-11-9-19-17(22-15(11)23)21-13-6-4-12(5-7-13)20-16(18)25/h3,8-10,12-13H,4-7H2,1-2H3,(H3,18,20,25)(H,19,21,22). The zero-order chi connectivity index (χ0) is 18.0. The van der Waals surface area contributed by atoms with Gasteiger partial charge in [-0.05, 0) is 45.6 Å². The summed E-state index contributed by atoms with van der Waals surface area (Å²) in [7, 11) is 0. The Kier molecular flexibility index (Phi) is 4.87. The summed E-state index contributed by atoms with van der Waals surface area (Å²) < 4.78 is 1.68. The number of hydrogen-bond acceptors (Lipinski definition) is 5. The summed E-state index contributed by atoms with van der Waals surface area (Å²) in [5.41, 5.74) is 5.75. The number of amides is 2. The average molecular weight is 344 g/mol. The Morgan fingerprint density at radius 3 is 2.56 bits per heavy atom. The molecular weight excluding hydrogens is 320 g/mol. The van der Waals surface area contributed by atoms with Crippen molar-refractivity contribution in [1.82, 2.24) is 19.9 Å². The molecule has 0 atom stereocenters. The molecule has 0 spiro atoms. The highest BCUT2D eigenvalue weighted by molar-refractivity contribution is 5.75. The Labute approximate surface area is 145 Å². The van der Waals surface area contributed by atoms with Crippen LogP contribution in [-0.4, -0.2) is 32.6 Å². The van der Waals surface area contributed by atoms with Crippen molar-refractivity contribution in [3.63, 3.8) is 0 Å². The van der Waals surface area contributed by atoms with Crippen LogP contribution in [-0.2, 0) is 0 Å². The number of nitrogens with two attached hydrogens (primary N) is 1. The van der Waals surface area contributed by atoms with E-state index in [-0.39, 0.29) is 23.7 Å². The summed E-state index contributed by atoms with van der Waals surface area (Å²) in [5, 5.41) is 6.95. The van der Waals surface area contributed by atoms with Gasteiger partial charge >= 0.3 is 6.03 Å². The lowest BCUT2D eigenvalue weighted by Gasteiger charge is -2.29. The summed E-state index contributed by atoms with van der Waals surface area (Å²) in [6.45, 7) is 3.92. The minimum atomic E-state index is -0.471. The molecule has 1 saturated carbocycles. The Bertz CT molecular complexity index is 823. The fourth-order valence-electron chi connectivity index (χ4n) is 3.37. The van der Waals surface area contributed by atoms with Crippen LogP contribution < -0.4 is 21.9 Å². The van der Waals surface area contributed by atoms with Gasteiger partial charge in [-0.15, -0.1) is 0 Å². The molecule has 8 heteroatoms. The van der Waals surface area contributed by atoms with E-state index in [0.717, 1.165) is 31.1 Å². The molecule has 0 aromatic carbocycles. The van der Waals surface area contributed by atoms with Crippen molar-refractivity contribution < 1.29 is 4.79 Å². The maximum Gasteiger partial charge on any atom is 0.312 e. The van der Waals surface area contributed by atoms with Crippen LogP contribution in [0.15, 0.2) is 23.1 Å². The summed E-state index contributed by atoms with van der Waals surface area (Å²) in [6.07, 6.45) is 5.27. The number of pyridine rings is 1. The number of aromatic nitrogens is 3. The van der Waals surface area contributed by atoms with E-state index in [2.05, 4.69) is 20.6 Å². The van der Waals surface area contributed by atoms with E-state index in [1.165, 1.54) is 0 Å². The minimum absolute atomic E-state index is 0.0225. The second-order valence-corrected chi connectivity index (χ2v) is 6.81. The van der Waals surface area contributed by atoms with E-state index in [0.29, 0.717) is 11.6 Å². The van der Waals surface area contributed by atoms with Gasteiger partial charge in [0, 0.05) is 35.8 Å². The normalized spacial score (nSPS) is 20.6. The molecule has 4 N–H and O–H groups in total. The highest BCUT2D eigenvalue weighted by Gasteiger charge is 2.22. The third-order valence-electron chi connectivity index (χ3n) is 4.59. The van der Waals surface area contributed by atoms with E-state index < -0.39 is 6.03 Å². The van der Waals surface area contributed by atoms with Crippen LogP contribution in [0.5, 0.6) is 0 Å². The maximum atomic E-state index is 12.1. The first-order valence-corrected chi connectivity index (χ1v) is 8.65. The quantitative estimate of drug-likeness (QED) is 0.782. The minimum Gasteiger partial charge on any atom is -0.352 e. The molecule has 0 bridgehead atoms. The predicted molar refractivity (Wildman–Crippen MR) is 96.6 cm³/mol. The van der Waals surface area contributed by atoms with Crippen molar-refractivity contribution in [2.75, 3.05) is 5.32 Å². The van der Waals surface area contributed by atoms with Gasteiger partial charge in [0.25, 0.3) is 5.56 Å². The first-order valence-electron chi connectivity index (χ1n) is 8.65. The van der Waals surface area contributed by atoms with Crippen LogP contribution in [0.1, 0.15) is 45.6 Å². The van der Waals surface area contributed by atoms with Crippen LogP contribution >= 0.6 is 0 Å². The number of carbonyl (C=O) groups is 1. The van der Waals surface area contributed by atoms with Crippen molar-refractivity contribution in [3.8, 4) is 0 Å². The average Bonchev–Trinajstić information content (AvgIpc) is 2.55. The van der Waals surface area contributed by atoms with Gasteiger partial charge in [-0.1, -0.05) is 0 Å². The van der Waals surface area contributed by atoms with Crippen molar-refractivity contribution in [2.45, 2.75) is 57.7 Å². The highest BCUT2D eigenvalue weighted by Crippen LogP contribution is 2.22. The van der Waals surface area contributed by atoms with Crippen LogP contribution in [0.2, 0.25) is 0 Å². The number of rotatable bonds is 4. The summed E-state index contributed by atoms with van der Waals surface area (Å²) in [4.78, 5) is 32.0. The lowest BCUT2D eigenvalue weighted by molar-refractivity contribution is 0.240. The number of nitrogens with one attached hydrogen (secondary N) is 2. The van der Waals surface area contributed by atoms with Crippen molar-refractivity contribution >= 4 is 23.0 Å². The topological polar surface area (TPSA) is 115 Å². The van der Waals surface area contributed by atoms with Gasteiger partial charge in [0.1, 0.15) is 5.65 Å². The van der Waals surface area contributed by atoms with Crippen LogP contribution in [0, 0.1) is 0 Å². The van der Waals surface area contributed by atoms with Gasteiger partial charge in [0.05, 0.1) is 0 Å². The highest BCUT2D eigenvalue weighted by atomic mass is 16.2.